The van der Waals surface area contributed by atoms with Crippen LogP contribution >= 0.6 is 0 Å². The molecule has 1 fully saturated rings. The summed E-state index contributed by atoms with van der Waals surface area (Å²) in [4.78, 5) is 0. The van der Waals surface area contributed by atoms with Crippen molar-refractivity contribution in [3.8, 4) is 11.8 Å². The van der Waals surface area contributed by atoms with Gasteiger partial charge < -0.3 is 4.74 Å². The van der Waals surface area contributed by atoms with Gasteiger partial charge in [-0.05, 0) is 56.4 Å². The minimum atomic E-state index is -0.213. The normalized spacial score (nSPS) is 17.3. The maximum Gasteiger partial charge on any atom is 0.119 e. The highest BCUT2D eigenvalue weighted by molar-refractivity contribution is 5.44. The van der Waals surface area contributed by atoms with E-state index in [0.29, 0.717) is 6.61 Å². The van der Waals surface area contributed by atoms with Crippen LogP contribution in [-0.2, 0) is 5.41 Å². The Bertz CT molecular complexity index is 427. The number of hydrogen-bond acceptors (Lipinski definition) is 2. The van der Waals surface area contributed by atoms with E-state index in [1.807, 2.05) is 19.1 Å². The second-order valence-corrected chi connectivity index (χ2v) is 4.46. The Kier molecular flexibility index (Phi) is 2.87. The molecule has 0 bridgehead atoms. The Balaban J connectivity index is 2.33. The largest absolute Gasteiger partial charge is 0.494 e. The minimum absolute atomic E-state index is 0.213. The molecule has 0 amide bonds. The van der Waals surface area contributed by atoms with Crippen LogP contribution in [0.25, 0.3) is 0 Å². The smallest absolute Gasteiger partial charge is 0.119 e. The second-order valence-electron chi connectivity index (χ2n) is 4.46. The molecule has 16 heavy (non-hydrogen) atoms. The Labute approximate surface area is 96.9 Å². The van der Waals surface area contributed by atoms with E-state index >= 15 is 0 Å². The van der Waals surface area contributed by atoms with Gasteiger partial charge in [0.25, 0.3) is 0 Å². The summed E-state index contributed by atoms with van der Waals surface area (Å²) in [6, 6.07) is 8.55. The van der Waals surface area contributed by atoms with Gasteiger partial charge in [-0.1, -0.05) is 6.07 Å². The van der Waals surface area contributed by atoms with Crippen molar-refractivity contribution in [2.75, 3.05) is 6.61 Å². The van der Waals surface area contributed by atoms with Gasteiger partial charge in [0.05, 0.1) is 18.1 Å². The first-order chi connectivity index (χ1) is 7.72. The third kappa shape index (κ3) is 1.67. The lowest BCUT2D eigenvalue weighted by atomic mass is 9.64. The molecule has 2 nitrogen and oxygen atoms in total. The molecule has 1 aliphatic carbocycles. The summed E-state index contributed by atoms with van der Waals surface area (Å²) in [5, 5.41) is 9.31. The van der Waals surface area contributed by atoms with Gasteiger partial charge in [0.1, 0.15) is 5.75 Å². The van der Waals surface area contributed by atoms with Crippen LogP contribution in [0.2, 0.25) is 0 Å². The molecular formula is C14H17NO. The maximum absolute atomic E-state index is 9.31. The number of aryl methyl sites for hydroxylation is 1. The van der Waals surface area contributed by atoms with Gasteiger partial charge in [0, 0.05) is 0 Å². The summed E-state index contributed by atoms with van der Waals surface area (Å²) < 4.78 is 5.46. The molecule has 0 aliphatic heterocycles. The summed E-state index contributed by atoms with van der Waals surface area (Å²) in [5.41, 5.74) is 2.14. The van der Waals surface area contributed by atoms with E-state index in [0.717, 1.165) is 18.6 Å². The van der Waals surface area contributed by atoms with Crippen molar-refractivity contribution in [3.05, 3.63) is 29.3 Å². The fraction of sp³-hybridized carbons (Fsp3) is 0.500. The van der Waals surface area contributed by atoms with Crippen molar-refractivity contribution in [2.45, 2.75) is 38.5 Å². The molecule has 2 heteroatoms. The zero-order chi connectivity index (χ0) is 11.6. The first-order valence-corrected chi connectivity index (χ1v) is 5.87. The molecule has 0 saturated heterocycles. The highest BCUT2D eigenvalue weighted by atomic mass is 16.5. The molecule has 0 heterocycles. The van der Waals surface area contributed by atoms with Gasteiger partial charge >= 0.3 is 0 Å². The number of nitriles is 1. The predicted molar refractivity (Wildman–Crippen MR) is 63.5 cm³/mol. The lowest BCUT2D eigenvalue weighted by Gasteiger charge is -2.36. The molecular weight excluding hydrogens is 198 g/mol. The van der Waals surface area contributed by atoms with Gasteiger partial charge in [-0.2, -0.15) is 5.26 Å². The fourth-order valence-electron chi connectivity index (χ4n) is 2.40. The van der Waals surface area contributed by atoms with Crippen molar-refractivity contribution in [2.24, 2.45) is 0 Å². The molecule has 0 spiro atoms. The van der Waals surface area contributed by atoms with E-state index < -0.39 is 0 Å². The number of rotatable bonds is 3. The van der Waals surface area contributed by atoms with Crippen molar-refractivity contribution in [1.82, 2.24) is 0 Å². The molecule has 0 atom stereocenters. The Morgan fingerprint density at radius 3 is 2.62 bits per heavy atom. The van der Waals surface area contributed by atoms with Gasteiger partial charge in [0.2, 0.25) is 0 Å². The van der Waals surface area contributed by atoms with Crippen LogP contribution in [-0.4, -0.2) is 6.61 Å². The van der Waals surface area contributed by atoms with E-state index in [1.165, 1.54) is 17.5 Å². The van der Waals surface area contributed by atoms with Crippen LogP contribution in [0.3, 0.4) is 0 Å². The van der Waals surface area contributed by atoms with Crippen molar-refractivity contribution < 1.29 is 4.74 Å². The van der Waals surface area contributed by atoms with Gasteiger partial charge in [-0.25, -0.2) is 0 Å². The second kappa shape index (κ2) is 4.17. The summed E-state index contributed by atoms with van der Waals surface area (Å²) in [7, 11) is 0. The Morgan fingerprint density at radius 1 is 1.44 bits per heavy atom. The van der Waals surface area contributed by atoms with Crippen LogP contribution in [0, 0.1) is 18.3 Å². The summed E-state index contributed by atoms with van der Waals surface area (Å²) in [6.07, 6.45) is 3.16. The average molecular weight is 215 g/mol. The van der Waals surface area contributed by atoms with E-state index in [4.69, 9.17) is 4.74 Å². The molecule has 0 aromatic heterocycles. The maximum atomic E-state index is 9.31. The monoisotopic (exact) mass is 215 g/mol. The highest BCUT2D eigenvalue weighted by Gasteiger charge is 2.39. The fourth-order valence-corrected chi connectivity index (χ4v) is 2.40. The lowest BCUT2D eigenvalue weighted by molar-refractivity contribution is 0.320. The molecule has 1 saturated carbocycles. The summed E-state index contributed by atoms with van der Waals surface area (Å²) in [5.74, 6) is 0.899. The summed E-state index contributed by atoms with van der Waals surface area (Å²) >= 11 is 0. The standard InChI is InChI=1S/C14H17NO/c1-3-16-12-5-6-13(11(2)9-12)14(10-15)7-4-8-14/h5-6,9H,3-4,7-8H2,1-2H3. The topological polar surface area (TPSA) is 33.0 Å². The van der Waals surface area contributed by atoms with Gasteiger partial charge in [-0.15, -0.1) is 0 Å². The predicted octanol–water partition coefficient (Wildman–Crippen LogP) is 3.34. The third-order valence-corrected chi connectivity index (χ3v) is 3.45. The molecule has 1 aromatic rings. The lowest BCUT2D eigenvalue weighted by Crippen LogP contribution is -2.33. The molecule has 0 unspecified atom stereocenters. The van der Waals surface area contributed by atoms with Gasteiger partial charge in [0.15, 0.2) is 0 Å². The third-order valence-electron chi connectivity index (χ3n) is 3.45. The van der Waals surface area contributed by atoms with Crippen molar-refractivity contribution in [1.29, 1.82) is 5.26 Å². The zero-order valence-corrected chi connectivity index (χ0v) is 9.92. The Morgan fingerprint density at radius 2 is 2.19 bits per heavy atom. The molecule has 1 aromatic carbocycles. The SMILES string of the molecule is CCOc1ccc(C2(C#N)CCC2)c(C)c1. The number of ether oxygens (including phenoxy) is 1. The van der Waals surface area contributed by atoms with E-state index in [9.17, 15) is 5.26 Å². The van der Waals surface area contributed by atoms with E-state index in [-0.39, 0.29) is 5.41 Å². The molecule has 2 rings (SSSR count). The zero-order valence-electron chi connectivity index (χ0n) is 9.92. The van der Waals surface area contributed by atoms with Crippen LogP contribution < -0.4 is 4.74 Å². The van der Waals surface area contributed by atoms with E-state index in [2.05, 4.69) is 19.1 Å². The quantitative estimate of drug-likeness (QED) is 0.774. The minimum Gasteiger partial charge on any atom is -0.494 e. The van der Waals surface area contributed by atoms with Crippen molar-refractivity contribution in [3.63, 3.8) is 0 Å². The van der Waals surface area contributed by atoms with Crippen LogP contribution in [0.4, 0.5) is 0 Å². The van der Waals surface area contributed by atoms with Gasteiger partial charge in [-0.3, -0.25) is 0 Å². The number of nitrogens with zero attached hydrogens (tertiary/aromatic N) is 1. The first-order valence-electron chi connectivity index (χ1n) is 5.87. The van der Waals surface area contributed by atoms with Crippen LogP contribution in [0.1, 0.15) is 37.3 Å². The van der Waals surface area contributed by atoms with Crippen molar-refractivity contribution >= 4 is 0 Å². The van der Waals surface area contributed by atoms with Crippen LogP contribution in [0.5, 0.6) is 5.75 Å². The average Bonchev–Trinajstić information content (AvgIpc) is 2.20. The molecule has 0 N–H and O–H groups in total. The number of benzene rings is 1. The number of hydrogen-bond donors (Lipinski definition) is 0. The molecule has 84 valence electrons. The summed E-state index contributed by atoms with van der Waals surface area (Å²) in [6.45, 7) is 4.73. The highest BCUT2D eigenvalue weighted by Crippen LogP contribution is 2.44. The molecule has 1 aliphatic rings. The Hall–Kier alpha value is -1.49. The molecule has 0 radical (unpaired) electrons. The van der Waals surface area contributed by atoms with E-state index in [1.54, 1.807) is 0 Å². The first kappa shape index (κ1) is 11.0. The van der Waals surface area contributed by atoms with Crippen LogP contribution in [0.15, 0.2) is 18.2 Å².